The fourth-order valence-corrected chi connectivity index (χ4v) is 3.20. The number of amides is 1. The van der Waals surface area contributed by atoms with Crippen LogP contribution in [0.25, 0.3) is 0 Å². The second-order valence-corrected chi connectivity index (χ2v) is 6.56. The summed E-state index contributed by atoms with van der Waals surface area (Å²) >= 11 is 6.00. The van der Waals surface area contributed by atoms with Crippen LogP contribution in [0.3, 0.4) is 0 Å². The van der Waals surface area contributed by atoms with E-state index in [1.54, 1.807) is 35.2 Å². The first kappa shape index (κ1) is 18.8. The average Bonchev–Trinajstić information content (AvgIpc) is 3.20. The average molecular weight is 389 g/mol. The molecule has 3 rings (SSSR count). The number of ether oxygens (including phenoxy) is 1. The molecule has 0 aliphatic carbocycles. The Morgan fingerprint density at radius 2 is 1.78 bits per heavy atom. The Hall–Kier alpha value is -2.93. The van der Waals surface area contributed by atoms with Gasteiger partial charge in [-0.2, -0.15) is 0 Å². The highest BCUT2D eigenvalue weighted by molar-refractivity contribution is 6.33. The molecule has 1 aliphatic rings. The molecule has 1 heterocycles. The fraction of sp³-hybridized carbons (Fsp3) is 0.263. The van der Waals surface area contributed by atoms with E-state index in [9.17, 15) is 19.7 Å². The number of likely N-dealkylation sites (tertiary alicyclic amines) is 1. The number of halogens is 1. The SMILES string of the molecule is O=C(OC(C(=O)N1CCCC1)c1ccccc1)c1ccc([N+](=O)[O-])cc1Cl. The zero-order valence-electron chi connectivity index (χ0n) is 14.3. The van der Waals surface area contributed by atoms with Gasteiger partial charge in [0, 0.05) is 30.8 Å². The maximum Gasteiger partial charge on any atom is 0.340 e. The zero-order chi connectivity index (χ0) is 19.4. The van der Waals surface area contributed by atoms with Gasteiger partial charge in [0.2, 0.25) is 6.10 Å². The van der Waals surface area contributed by atoms with Crippen molar-refractivity contribution in [1.29, 1.82) is 0 Å². The topological polar surface area (TPSA) is 89.8 Å². The standard InChI is InChI=1S/C19H17ClN2O5/c20-16-12-14(22(25)26)8-9-15(16)19(24)27-17(13-6-2-1-3-7-13)18(23)21-10-4-5-11-21/h1-3,6-9,12,17H,4-5,10-11H2. The van der Waals surface area contributed by atoms with Crippen molar-refractivity contribution < 1.29 is 19.2 Å². The van der Waals surface area contributed by atoms with Gasteiger partial charge in [-0.3, -0.25) is 14.9 Å². The molecule has 1 amide bonds. The third kappa shape index (κ3) is 4.25. The molecule has 1 fully saturated rings. The van der Waals surface area contributed by atoms with Gasteiger partial charge in [-0.15, -0.1) is 0 Å². The van der Waals surface area contributed by atoms with E-state index in [2.05, 4.69) is 0 Å². The van der Waals surface area contributed by atoms with E-state index >= 15 is 0 Å². The van der Waals surface area contributed by atoms with Crippen LogP contribution in [0.5, 0.6) is 0 Å². The number of carbonyl (C=O) groups is 2. The largest absolute Gasteiger partial charge is 0.444 e. The molecule has 7 nitrogen and oxygen atoms in total. The Bertz CT molecular complexity index is 866. The lowest BCUT2D eigenvalue weighted by Gasteiger charge is -2.23. The second kappa shape index (κ2) is 8.18. The highest BCUT2D eigenvalue weighted by Crippen LogP contribution is 2.27. The van der Waals surface area contributed by atoms with Crippen LogP contribution in [0.15, 0.2) is 48.5 Å². The molecule has 1 atom stereocenters. The number of esters is 1. The lowest BCUT2D eigenvalue weighted by Crippen LogP contribution is -2.34. The van der Waals surface area contributed by atoms with Crippen molar-refractivity contribution in [2.24, 2.45) is 0 Å². The van der Waals surface area contributed by atoms with E-state index in [0.717, 1.165) is 18.9 Å². The number of hydrogen-bond donors (Lipinski definition) is 0. The summed E-state index contributed by atoms with van der Waals surface area (Å²) in [7, 11) is 0. The van der Waals surface area contributed by atoms with Gasteiger partial charge < -0.3 is 9.64 Å². The predicted molar refractivity (Wildman–Crippen MR) is 98.5 cm³/mol. The molecule has 2 aromatic rings. The van der Waals surface area contributed by atoms with Crippen molar-refractivity contribution in [3.05, 3.63) is 74.8 Å². The first-order valence-electron chi connectivity index (χ1n) is 8.46. The minimum atomic E-state index is -1.09. The van der Waals surface area contributed by atoms with Crippen molar-refractivity contribution in [3.63, 3.8) is 0 Å². The number of nitro benzene ring substituents is 1. The molecular formula is C19H17ClN2O5. The number of hydrogen-bond acceptors (Lipinski definition) is 5. The van der Waals surface area contributed by atoms with Crippen LogP contribution in [0, 0.1) is 10.1 Å². The number of carbonyl (C=O) groups excluding carboxylic acids is 2. The lowest BCUT2D eigenvalue weighted by molar-refractivity contribution is -0.384. The summed E-state index contributed by atoms with van der Waals surface area (Å²) in [6.07, 6.45) is 0.730. The fourth-order valence-electron chi connectivity index (χ4n) is 2.95. The van der Waals surface area contributed by atoms with Crippen LogP contribution >= 0.6 is 11.6 Å². The van der Waals surface area contributed by atoms with Crippen molar-refractivity contribution >= 4 is 29.2 Å². The molecule has 2 aromatic carbocycles. The van der Waals surface area contributed by atoms with Crippen LogP contribution in [-0.2, 0) is 9.53 Å². The minimum Gasteiger partial charge on any atom is -0.444 e. The van der Waals surface area contributed by atoms with E-state index in [1.165, 1.54) is 12.1 Å². The molecule has 0 spiro atoms. The van der Waals surface area contributed by atoms with E-state index in [-0.39, 0.29) is 22.2 Å². The normalized spacial score (nSPS) is 14.6. The lowest BCUT2D eigenvalue weighted by atomic mass is 10.1. The predicted octanol–water partition coefficient (Wildman–Crippen LogP) is 3.77. The van der Waals surface area contributed by atoms with Crippen LogP contribution < -0.4 is 0 Å². The monoisotopic (exact) mass is 388 g/mol. The minimum absolute atomic E-state index is 0.0302. The van der Waals surface area contributed by atoms with Gasteiger partial charge in [-0.25, -0.2) is 4.79 Å². The Balaban J connectivity index is 1.86. The van der Waals surface area contributed by atoms with Crippen LogP contribution in [-0.4, -0.2) is 34.8 Å². The van der Waals surface area contributed by atoms with Gasteiger partial charge in [0.25, 0.3) is 11.6 Å². The summed E-state index contributed by atoms with van der Waals surface area (Å²) in [4.78, 5) is 37.3. The smallest absolute Gasteiger partial charge is 0.340 e. The first-order chi connectivity index (χ1) is 13.0. The molecule has 1 unspecified atom stereocenters. The highest BCUT2D eigenvalue weighted by Gasteiger charge is 2.31. The first-order valence-corrected chi connectivity index (χ1v) is 8.84. The van der Waals surface area contributed by atoms with Gasteiger partial charge in [-0.05, 0) is 18.9 Å². The molecule has 1 saturated heterocycles. The van der Waals surface area contributed by atoms with Gasteiger partial charge in [-0.1, -0.05) is 41.9 Å². The molecule has 1 aliphatic heterocycles. The molecular weight excluding hydrogens is 372 g/mol. The zero-order valence-corrected chi connectivity index (χ0v) is 15.1. The molecule has 0 bridgehead atoms. The second-order valence-electron chi connectivity index (χ2n) is 6.15. The Morgan fingerprint density at radius 3 is 2.37 bits per heavy atom. The summed E-state index contributed by atoms with van der Waals surface area (Å²) in [5.41, 5.74) is 0.294. The van der Waals surface area contributed by atoms with Crippen LogP contribution in [0.2, 0.25) is 5.02 Å². The number of non-ortho nitro benzene ring substituents is 1. The Kier molecular flexibility index (Phi) is 5.71. The summed E-state index contributed by atoms with van der Waals surface area (Å²) in [5.74, 6) is -1.10. The maximum absolute atomic E-state index is 12.9. The molecule has 0 aromatic heterocycles. The van der Waals surface area contributed by atoms with E-state index < -0.39 is 17.0 Å². The van der Waals surface area contributed by atoms with Gasteiger partial charge >= 0.3 is 5.97 Å². The molecule has 140 valence electrons. The van der Waals surface area contributed by atoms with Crippen molar-refractivity contribution in [2.75, 3.05) is 13.1 Å². The molecule has 0 saturated carbocycles. The van der Waals surface area contributed by atoms with E-state index in [0.29, 0.717) is 18.7 Å². The summed E-state index contributed by atoms with van der Waals surface area (Å²) in [5, 5.41) is 10.7. The molecule has 0 radical (unpaired) electrons. The van der Waals surface area contributed by atoms with Gasteiger partial charge in [0.05, 0.1) is 15.5 Å². The van der Waals surface area contributed by atoms with Crippen molar-refractivity contribution in [3.8, 4) is 0 Å². The van der Waals surface area contributed by atoms with E-state index in [4.69, 9.17) is 16.3 Å². The maximum atomic E-state index is 12.9. The molecule has 27 heavy (non-hydrogen) atoms. The third-order valence-corrected chi connectivity index (χ3v) is 4.67. The third-order valence-electron chi connectivity index (χ3n) is 4.35. The Labute approximate surface area is 160 Å². The number of rotatable bonds is 5. The molecule has 8 heteroatoms. The van der Waals surface area contributed by atoms with Crippen LogP contribution in [0.4, 0.5) is 5.69 Å². The van der Waals surface area contributed by atoms with Gasteiger partial charge in [0.1, 0.15) is 0 Å². The van der Waals surface area contributed by atoms with Gasteiger partial charge in [0.15, 0.2) is 0 Å². The summed E-state index contributed by atoms with van der Waals surface area (Å²) in [6, 6.07) is 12.2. The summed E-state index contributed by atoms with van der Waals surface area (Å²) < 4.78 is 5.49. The van der Waals surface area contributed by atoms with Crippen LogP contribution in [0.1, 0.15) is 34.9 Å². The van der Waals surface area contributed by atoms with Crippen molar-refractivity contribution in [2.45, 2.75) is 18.9 Å². The highest BCUT2D eigenvalue weighted by atomic mass is 35.5. The van der Waals surface area contributed by atoms with Crippen molar-refractivity contribution in [1.82, 2.24) is 4.90 Å². The quantitative estimate of drug-likeness (QED) is 0.442. The Morgan fingerprint density at radius 1 is 1.11 bits per heavy atom. The van der Waals surface area contributed by atoms with E-state index in [1.807, 2.05) is 0 Å². The molecule has 0 N–H and O–H groups in total. The number of nitrogens with zero attached hydrogens (tertiary/aromatic N) is 2. The number of nitro groups is 1. The number of benzene rings is 2. The summed E-state index contributed by atoms with van der Waals surface area (Å²) in [6.45, 7) is 1.25.